The number of rotatable bonds is 5. The number of aromatic amines is 1. The molecular formula is C22H21N3O. The number of allylic oxidation sites excluding steroid dienone is 3. The molecule has 4 heteroatoms. The average molecular weight is 343 g/mol. The Kier molecular flexibility index (Phi) is 4.48. The number of nitrogens with zero attached hydrogens (tertiary/aromatic N) is 2. The van der Waals surface area contributed by atoms with Crippen LogP contribution in [0.1, 0.15) is 31.2 Å². The minimum absolute atomic E-state index is 0.133. The maximum Gasteiger partial charge on any atom is 0.155 e. The molecule has 0 amide bonds. The summed E-state index contributed by atoms with van der Waals surface area (Å²) in [6.07, 6.45) is 14.8. The molecule has 0 radical (unpaired) electrons. The molecule has 0 spiro atoms. The second kappa shape index (κ2) is 7.08. The molecule has 4 rings (SSSR count). The first-order valence-electron chi connectivity index (χ1n) is 8.97. The molecule has 0 saturated carbocycles. The Morgan fingerprint density at radius 2 is 2.23 bits per heavy atom. The molecule has 1 aliphatic carbocycles. The number of H-pyrrole nitrogens is 1. The van der Waals surface area contributed by atoms with E-state index in [1.807, 2.05) is 24.7 Å². The number of hydrogen-bond acceptors (Lipinski definition) is 3. The molecule has 3 aromatic heterocycles. The zero-order valence-electron chi connectivity index (χ0n) is 14.6. The van der Waals surface area contributed by atoms with Gasteiger partial charge in [-0.15, -0.1) is 0 Å². The summed E-state index contributed by atoms with van der Waals surface area (Å²) >= 11 is 0. The lowest BCUT2D eigenvalue weighted by atomic mass is 9.82. The third-order valence-electron chi connectivity index (χ3n) is 5.08. The Bertz CT molecular complexity index is 985. The van der Waals surface area contributed by atoms with Crippen LogP contribution in [0.15, 0.2) is 61.7 Å². The smallest absolute Gasteiger partial charge is 0.155 e. The quantitative estimate of drug-likeness (QED) is 0.667. The Hall–Kier alpha value is -3.01. The number of fused-ring (bicyclic) bond motifs is 1. The third-order valence-corrected chi connectivity index (χ3v) is 5.08. The van der Waals surface area contributed by atoms with Gasteiger partial charge in [0.2, 0.25) is 0 Å². The summed E-state index contributed by atoms with van der Waals surface area (Å²) in [5.41, 5.74) is 5.57. The number of carbonyl (C=O) groups excluding carboxylic acids is 1. The lowest BCUT2D eigenvalue weighted by Gasteiger charge is -2.22. The van der Waals surface area contributed by atoms with E-state index in [0.717, 1.165) is 41.4 Å². The predicted octanol–water partition coefficient (Wildman–Crippen LogP) is 4.95. The van der Waals surface area contributed by atoms with Gasteiger partial charge >= 0.3 is 0 Å². The van der Waals surface area contributed by atoms with Gasteiger partial charge in [-0.25, -0.2) is 4.98 Å². The summed E-state index contributed by atoms with van der Waals surface area (Å²) in [7, 11) is 0. The largest absolute Gasteiger partial charge is 0.345 e. The normalized spacial score (nSPS) is 17.1. The molecule has 4 nitrogen and oxygen atoms in total. The molecule has 0 fully saturated rings. The average Bonchev–Trinajstić information content (AvgIpc) is 3.13. The maximum absolute atomic E-state index is 11.8. The van der Waals surface area contributed by atoms with Crippen molar-refractivity contribution in [3.8, 4) is 11.1 Å². The Morgan fingerprint density at radius 1 is 1.31 bits per heavy atom. The van der Waals surface area contributed by atoms with Crippen molar-refractivity contribution in [1.82, 2.24) is 15.0 Å². The fraction of sp³-hybridized carbons (Fsp3) is 0.227. The van der Waals surface area contributed by atoms with Gasteiger partial charge in [0.1, 0.15) is 5.65 Å². The van der Waals surface area contributed by atoms with Crippen LogP contribution in [0.25, 0.3) is 27.7 Å². The lowest BCUT2D eigenvalue weighted by Crippen LogP contribution is -2.11. The molecule has 3 heterocycles. The summed E-state index contributed by atoms with van der Waals surface area (Å²) < 4.78 is 0. The van der Waals surface area contributed by atoms with Gasteiger partial charge in [-0.05, 0) is 54.5 Å². The van der Waals surface area contributed by atoms with E-state index < -0.39 is 0 Å². The van der Waals surface area contributed by atoms with E-state index in [4.69, 9.17) is 0 Å². The van der Waals surface area contributed by atoms with Gasteiger partial charge in [-0.2, -0.15) is 0 Å². The van der Waals surface area contributed by atoms with Gasteiger partial charge in [0.05, 0.1) is 0 Å². The van der Waals surface area contributed by atoms with E-state index in [2.05, 4.69) is 39.7 Å². The van der Waals surface area contributed by atoms with E-state index in [1.165, 1.54) is 17.2 Å². The van der Waals surface area contributed by atoms with E-state index in [1.54, 1.807) is 6.20 Å². The zero-order chi connectivity index (χ0) is 17.9. The second-order valence-electron chi connectivity index (χ2n) is 6.78. The van der Waals surface area contributed by atoms with Crippen LogP contribution in [0, 0.1) is 5.92 Å². The third kappa shape index (κ3) is 3.10. The molecule has 1 aliphatic rings. The second-order valence-corrected chi connectivity index (χ2v) is 6.78. The van der Waals surface area contributed by atoms with Gasteiger partial charge < -0.3 is 4.98 Å². The minimum atomic E-state index is 0.133. The van der Waals surface area contributed by atoms with Crippen molar-refractivity contribution >= 4 is 22.4 Å². The minimum Gasteiger partial charge on any atom is -0.345 e. The lowest BCUT2D eigenvalue weighted by molar-refractivity contribution is -0.115. The van der Waals surface area contributed by atoms with Crippen LogP contribution in [0.2, 0.25) is 0 Å². The van der Waals surface area contributed by atoms with Crippen LogP contribution in [0.3, 0.4) is 0 Å². The van der Waals surface area contributed by atoms with Gasteiger partial charge in [0, 0.05) is 47.7 Å². The Labute approximate surface area is 152 Å². The summed E-state index contributed by atoms with van der Waals surface area (Å²) in [6.45, 7) is 3.60. The molecular weight excluding hydrogens is 322 g/mol. The highest BCUT2D eigenvalue weighted by molar-refractivity contribution is 6.01. The number of pyridine rings is 2. The van der Waals surface area contributed by atoms with Crippen LogP contribution in [-0.4, -0.2) is 20.7 Å². The molecule has 130 valence electrons. The first-order chi connectivity index (χ1) is 12.8. The summed E-state index contributed by atoms with van der Waals surface area (Å²) in [6, 6.07) is 6.09. The predicted molar refractivity (Wildman–Crippen MR) is 104 cm³/mol. The van der Waals surface area contributed by atoms with E-state index >= 15 is 0 Å². The number of carbonyl (C=O) groups is 1. The molecule has 1 unspecified atom stereocenters. The fourth-order valence-corrected chi connectivity index (χ4v) is 3.83. The Morgan fingerprint density at radius 3 is 3.04 bits per heavy atom. The van der Waals surface area contributed by atoms with Crippen LogP contribution in [0.4, 0.5) is 0 Å². The van der Waals surface area contributed by atoms with E-state index in [-0.39, 0.29) is 5.78 Å². The number of aromatic nitrogens is 3. The monoisotopic (exact) mass is 343 g/mol. The number of ketones is 1. The first kappa shape index (κ1) is 16.5. The SMILES string of the molecule is C=CC(=O)CC1CCC=C(c2ccnc3[nH]cc(-c4cccnc4)c23)C1. The van der Waals surface area contributed by atoms with E-state index in [0.29, 0.717) is 12.3 Å². The highest BCUT2D eigenvalue weighted by Crippen LogP contribution is 2.38. The molecule has 3 aromatic rings. The van der Waals surface area contributed by atoms with Crippen LogP contribution in [0.5, 0.6) is 0 Å². The molecule has 0 aromatic carbocycles. The van der Waals surface area contributed by atoms with Gasteiger partial charge in [-0.1, -0.05) is 18.7 Å². The number of nitrogens with one attached hydrogen (secondary N) is 1. The molecule has 1 atom stereocenters. The van der Waals surface area contributed by atoms with Crippen molar-refractivity contribution in [1.29, 1.82) is 0 Å². The molecule has 26 heavy (non-hydrogen) atoms. The summed E-state index contributed by atoms with van der Waals surface area (Å²) in [5.74, 6) is 0.512. The maximum atomic E-state index is 11.8. The fourth-order valence-electron chi connectivity index (χ4n) is 3.83. The zero-order valence-corrected chi connectivity index (χ0v) is 14.6. The van der Waals surface area contributed by atoms with Gasteiger partial charge in [0.25, 0.3) is 0 Å². The number of hydrogen-bond donors (Lipinski definition) is 1. The first-order valence-corrected chi connectivity index (χ1v) is 8.97. The Balaban J connectivity index is 1.75. The molecule has 0 bridgehead atoms. The van der Waals surface area contributed by atoms with Crippen molar-refractivity contribution in [2.24, 2.45) is 5.92 Å². The van der Waals surface area contributed by atoms with Crippen molar-refractivity contribution < 1.29 is 4.79 Å². The topological polar surface area (TPSA) is 58.6 Å². The molecule has 1 N–H and O–H groups in total. The van der Waals surface area contributed by atoms with Crippen LogP contribution < -0.4 is 0 Å². The van der Waals surface area contributed by atoms with Crippen molar-refractivity contribution in [3.63, 3.8) is 0 Å². The van der Waals surface area contributed by atoms with Crippen LogP contribution in [-0.2, 0) is 4.79 Å². The van der Waals surface area contributed by atoms with Crippen molar-refractivity contribution in [2.75, 3.05) is 0 Å². The summed E-state index contributed by atoms with van der Waals surface area (Å²) in [5, 5.41) is 1.13. The van der Waals surface area contributed by atoms with Crippen molar-refractivity contribution in [2.45, 2.75) is 25.7 Å². The van der Waals surface area contributed by atoms with Crippen LogP contribution >= 0.6 is 0 Å². The summed E-state index contributed by atoms with van der Waals surface area (Å²) in [4.78, 5) is 23.8. The van der Waals surface area contributed by atoms with Crippen molar-refractivity contribution in [3.05, 3.63) is 67.3 Å². The van der Waals surface area contributed by atoms with E-state index in [9.17, 15) is 4.79 Å². The highest BCUT2D eigenvalue weighted by atomic mass is 16.1. The van der Waals surface area contributed by atoms with Gasteiger partial charge in [-0.3, -0.25) is 9.78 Å². The highest BCUT2D eigenvalue weighted by Gasteiger charge is 2.21. The van der Waals surface area contributed by atoms with Gasteiger partial charge in [0.15, 0.2) is 5.78 Å². The molecule has 0 aliphatic heterocycles. The molecule has 0 saturated heterocycles. The standard InChI is InChI=1S/C22H21N3O/c1-2-18(26)12-15-5-3-6-16(11-15)19-8-10-24-22-21(19)20(14-25-22)17-7-4-9-23-13-17/h2,4,6-10,13-15H,1,3,5,11-12H2,(H,24,25).